The summed E-state index contributed by atoms with van der Waals surface area (Å²) in [5.74, 6) is 0.0306. The number of ether oxygens (including phenoxy) is 1. The highest BCUT2D eigenvalue weighted by atomic mass is 16.5. The van der Waals surface area contributed by atoms with E-state index >= 15 is 0 Å². The number of aryl methyl sites for hydroxylation is 1. The van der Waals surface area contributed by atoms with Gasteiger partial charge in [0.05, 0.1) is 5.56 Å². The van der Waals surface area contributed by atoms with Crippen molar-refractivity contribution >= 4 is 16.8 Å². The van der Waals surface area contributed by atoms with Gasteiger partial charge in [0.2, 0.25) is 0 Å². The van der Waals surface area contributed by atoms with Crippen LogP contribution in [0, 0.1) is 0 Å². The Labute approximate surface area is 183 Å². The molecule has 0 unspecified atom stereocenters. The predicted octanol–water partition coefficient (Wildman–Crippen LogP) is 4.64. The van der Waals surface area contributed by atoms with E-state index in [1.54, 1.807) is 7.11 Å². The second-order valence-electron chi connectivity index (χ2n) is 8.85. The van der Waals surface area contributed by atoms with Crippen LogP contribution in [-0.2, 0) is 24.2 Å². The van der Waals surface area contributed by atoms with Crippen molar-refractivity contribution in [1.29, 1.82) is 0 Å². The number of nitrogens with zero attached hydrogens (tertiary/aromatic N) is 1. The third-order valence-corrected chi connectivity index (χ3v) is 6.69. The Hall–Kier alpha value is -2.63. The topological polar surface area (TPSA) is 57.4 Å². The van der Waals surface area contributed by atoms with Gasteiger partial charge in [0, 0.05) is 49.0 Å². The number of nitrogens with one attached hydrogen (secondary N) is 2. The lowest BCUT2D eigenvalue weighted by atomic mass is 9.94. The van der Waals surface area contributed by atoms with Crippen LogP contribution in [0.2, 0.25) is 0 Å². The van der Waals surface area contributed by atoms with Gasteiger partial charge in [0.25, 0.3) is 5.91 Å². The number of likely N-dealkylation sites (tertiary alicyclic amines) is 1. The minimum absolute atomic E-state index is 0.0306. The molecular formula is C26H31N3O2. The second kappa shape index (κ2) is 8.85. The normalized spacial score (nSPS) is 16.6. The van der Waals surface area contributed by atoms with Gasteiger partial charge in [0.1, 0.15) is 0 Å². The van der Waals surface area contributed by atoms with E-state index in [1.165, 1.54) is 48.9 Å². The summed E-state index contributed by atoms with van der Waals surface area (Å²) < 4.78 is 5.20. The number of piperidine rings is 1. The van der Waals surface area contributed by atoms with Gasteiger partial charge in [0.15, 0.2) is 0 Å². The van der Waals surface area contributed by atoms with E-state index < -0.39 is 0 Å². The zero-order valence-corrected chi connectivity index (χ0v) is 18.3. The fraction of sp³-hybridized carbons (Fsp3) is 0.423. The highest BCUT2D eigenvalue weighted by Gasteiger charge is 2.26. The molecule has 3 heterocycles. The predicted molar refractivity (Wildman–Crippen MR) is 124 cm³/mol. The van der Waals surface area contributed by atoms with Crippen LogP contribution < -0.4 is 5.32 Å². The van der Waals surface area contributed by atoms with Crippen LogP contribution in [0.15, 0.2) is 36.4 Å². The first-order valence-corrected chi connectivity index (χ1v) is 11.5. The summed E-state index contributed by atoms with van der Waals surface area (Å²) in [5.41, 5.74) is 7.70. The number of aromatic nitrogens is 1. The van der Waals surface area contributed by atoms with Crippen molar-refractivity contribution < 1.29 is 9.53 Å². The van der Waals surface area contributed by atoms with Crippen molar-refractivity contribution in [3.63, 3.8) is 0 Å². The largest absolute Gasteiger partial charge is 0.385 e. The molecule has 0 saturated carbocycles. The molecule has 31 heavy (non-hydrogen) atoms. The molecule has 0 radical (unpaired) electrons. The number of carbonyl (C=O) groups excluding carboxylic acids is 1. The first-order valence-electron chi connectivity index (χ1n) is 11.5. The standard InChI is InChI=1S/C26H31N3O2/c1-31-13-5-6-19-8-9-21(25-22(19)16-27-26(25)30)24-15-20-14-18(7-10-23(20)28-24)17-29-11-3-2-4-12-29/h7-10,14-15,28H,2-6,11-13,16-17H2,1H3,(H,27,30). The molecule has 1 amide bonds. The number of rotatable bonds is 7. The van der Waals surface area contributed by atoms with E-state index in [1.807, 2.05) is 0 Å². The fourth-order valence-electron chi connectivity index (χ4n) is 5.08. The molecular weight excluding hydrogens is 386 g/mol. The lowest BCUT2D eigenvalue weighted by Crippen LogP contribution is -2.28. The molecule has 5 heteroatoms. The molecule has 2 aliphatic heterocycles. The molecule has 162 valence electrons. The Balaban J connectivity index is 1.45. The SMILES string of the molecule is COCCCc1ccc(-c2cc3cc(CN4CCCCC4)ccc3[nH]2)c2c1CNC2=O. The van der Waals surface area contributed by atoms with Crippen molar-refractivity contribution in [3.8, 4) is 11.3 Å². The van der Waals surface area contributed by atoms with Gasteiger partial charge in [-0.05, 0) is 73.7 Å². The van der Waals surface area contributed by atoms with Gasteiger partial charge in [-0.1, -0.05) is 24.6 Å². The molecule has 0 aliphatic carbocycles. The quantitative estimate of drug-likeness (QED) is 0.551. The number of hydrogen-bond acceptors (Lipinski definition) is 3. The Morgan fingerprint density at radius 2 is 1.94 bits per heavy atom. The van der Waals surface area contributed by atoms with Crippen molar-refractivity contribution in [1.82, 2.24) is 15.2 Å². The van der Waals surface area contributed by atoms with E-state index in [2.05, 4.69) is 51.6 Å². The van der Waals surface area contributed by atoms with Crippen molar-refractivity contribution in [2.24, 2.45) is 0 Å². The van der Waals surface area contributed by atoms with Gasteiger partial charge >= 0.3 is 0 Å². The zero-order chi connectivity index (χ0) is 21.2. The Kier molecular flexibility index (Phi) is 5.79. The maximum Gasteiger partial charge on any atom is 0.252 e. The van der Waals surface area contributed by atoms with Crippen LogP contribution in [0.3, 0.4) is 0 Å². The van der Waals surface area contributed by atoms with Crippen LogP contribution in [0.25, 0.3) is 22.2 Å². The van der Waals surface area contributed by atoms with E-state index in [4.69, 9.17) is 4.74 Å². The van der Waals surface area contributed by atoms with Gasteiger partial charge in [-0.2, -0.15) is 0 Å². The number of amides is 1. The van der Waals surface area contributed by atoms with Gasteiger partial charge in [-0.3, -0.25) is 9.69 Å². The first-order chi connectivity index (χ1) is 15.2. The maximum atomic E-state index is 12.7. The molecule has 1 fully saturated rings. The molecule has 0 spiro atoms. The molecule has 0 atom stereocenters. The summed E-state index contributed by atoms with van der Waals surface area (Å²) in [7, 11) is 1.73. The third kappa shape index (κ3) is 4.12. The maximum absolute atomic E-state index is 12.7. The van der Waals surface area contributed by atoms with Gasteiger partial charge in [-0.25, -0.2) is 0 Å². The highest BCUT2D eigenvalue weighted by Crippen LogP contribution is 2.33. The van der Waals surface area contributed by atoms with Crippen LogP contribution >= 0.6 is 0 Å². The number of carbonyl (C=O) groups is 1. The summed E-state index contributed by atoms with van der Waals surface area (Å²) in [6.07, 6.45) is 5.87. The van der Waals surface area contributed by atoms with Crippen molar-refractivity contribution in [2.75, 3.05) is 26.8 Å². The van der Waals surface area contributed by atoms with Crippen LogP contribution in [0.1, 0.15) is 52.7 Å². The van der Waals surface area contributed by atoms with E-state index in [-0.39, 0.29) is 5.91 Å². The highest BCUT2D eigenvalue weighted by molar-refractivity contribution is 6.05. The second-order valence-corrected chi connectivity index (χ2v) is 8.85. The molecule has 2 N–H and O–H groups in total. The smallest absolute Gasteiger partial charge is 0.252 e. The van der Waals surface area contributed by atoms with E-state index in [9.17, 15) is 4.79 Å². The number of hydrogen-bond donors (Lipinski definition) is 2. The number of fused-ring (bicyclic) bond motifs is 2. The summed E-state index contributed by atoms with van der Waals surface area (Å²) >= 11 is 0. The van der Waals surface area contributed by atoms with Gasteiger partial charge in [-0.15, -0.1) is 0 Å². The zero-order valence-electron chi connectivity index (χ0n) is 18.3. The Bertz CT molecular complexity index is 1100. The number of methoxy groups -OCH3 is 1. The average Bonchev–Trinajstić information content (AvgIpc) is 3.39. The van der Waals surface area contributed by atoms with E-state index in [0.29, 0.717) is 6.54 Å². The van der Waals surface area contributed by atoms with Crippen LogP contribution in [0.4, 0.5) is 0 Å². The van der Waals surface area contributed by atoms with Gasteiger partial charge < -0.3 is 15.0 Å². The van der Waals surface area contributed by atoms with Crippen molar-refractivity contribution in [3.05, 3.63) is 58.7 Å². The summed E-state index contributed by atoms with van der Waals surface area (Å²) in [6, 6.07) is 13.2. The van der Waals surface area contributed by atoms with Crippen molar-refractivity contribution in [2.45, 2.75) is 45.2 Å². The summed E-state index contributed by atoms with van der Waals surface area (Å²) in [5, 5.41) is 4.23. The molecule has 5 rings (SSSR count). The first kappa shape index (κ1) is 20.3. The molecule has 5 nitrogen and oxygen atoms in total. The lowest BCUT2D eigenvalue weighted by Gasteiger charge is -2.26. The summed E-state index contributed by atoms with van der Waals surface area (Å²) in [4.78, 5) is 18.8. The average molecular weight is 418 g/mol. The monoisotopic (exact) mass is 417 g/mol. The molecule has 1 saturated heterocycles. The number of aromatic amines is 1. The molecule has 1 aromatic heterocycles. The fourth-order valence-corrected chi connectivity index (χ4v) is 5.08. The number of benzene rings is 2. The molecule has 2 aliphatic rings. The lowest BCUT2D eigenvalue weighted by molar-refractivity contribution is 0.0966. The minimum Gasteiger partial charge on any atom is -0.385 e. The Morgan fingerprint density at radius 1 is 1.06 bits per heavy atom. The molecule has 2 aromatic carbocycles. The minimum atomic E-state index is 0.0306. The summed E-state index contributed by atoms with van der Waals surface area (Å²) in [6.45, 7) is 4.78. The van der Waals surface area contributed by atoms with Crippen LogP contribution in [-0.4, -0.2) is 42.6 Å². The van der Waals surface area contributed by atoms with E-state index in [0.717, 1.165) is 53.9 Å². The molecule has 3 aromatic rings. The Morgan fingerprint density at radius 3 is 2.77 bits per heavy atom. The van der Waals surface area contributed by atoms with Crippen LogP contribution in [0.5, 0.6) is 0 Å². The molecule has 0 bridgehead atoms. The number of H-pyrrole nitrogens is 1. The third-order valence-electron chi connectivity index (χ3n) is 6.69.